The van der Waals surface area contributed by atoms with E-state index in [9.17, 15) is 0 Å². The third-order valence-corrected chi connectivity index (χ3v) is 2.40. The average Bonchev–Trinajstić information content (AvgIpc) is 2.27. The first-order valence-electron chi connectivity index (χ1n) is 4.45. The van der Waals surface area contributed by atoms with Crippen molar-refractivity contribution in [3.8, 4) is 5.75 Å². The maximum absolute atomic E-state index is 5.62. The predicted molar refractivity (Wildman–Crippen MR) is 64.2 cm³/mol. The normalized spacial score (nSPS) is 10.2. The number of rotatable bonds is 2. The van der Waals surface area contributed by atoms with Crippen molar-refractivity contribution >= 4 is 28.0 Å². The topological polar surface area (TPSA) is 48.1 Å². The van der Waals surface area contributed by atoms with Gasteiger partial charge in [0.1, 0.15) is 16.4 Å². The maximum Gasteiger partial charge on any atom is 0.128 e. The van der Waals surface area contributed by atoms with Crippen LogP contribution in [0, 0.1) is 0 Å². The van der Waals surface area contributed by atoms with Gasteiger partial charge in [0, 0.05) is 6.20 Å². The van der Waals surface area contributed by atoms with Gasteiger partial charge in [-0.2, -0.15) is 0 Å². The van der Waals surface area contributed by atoms with Crippen LogP contribution in [0.25, 0.3) is 10.8 Å². The van der Waals surface area contributed by atoms with Crippen LogP contribution in [0.1, 0.15) is 5.69 Å². The summed E-state index contributed by atoms with van der Waals surface area (Å²) in [6, 6.07) is 7.66. The Labute approximate surface area is 92.9 Å². The number of benzene rings is 1. The van der Waals surface area contributed by atoms with Gasteiger partial charge in [-0.15, -0.1) is 0 Å². The van der Waals surface area contributed by atoms with Crippen LogP contribution >= 0.6 is 12.2 Å². The smallest absolute Gasteiger partial charge is 0.128 e. The van der Waals surface area contributed by atoms with E-state index in [1.54, 1.807) is 13.3 Å². The molecule has 15 heavy (non-hydrogen) atoms. The zero-order chi connectivity index (χ0) is 10.8. The molecule has 4 heteroatoms. The van der Waals surface area contributed by atoms with E-state index in [2.05, 4.69) is 4.98 Å². The molecule has 1 heterocycles. The molecule has 76 valence electrons. The molecule has 0 amide bonds. The van der Waals surface area contributed by atoms with Gasteiger partial charge in [-0.25, -0.2) is 0 Å². The Morgan fingerprint density at radius 3 is 2.87 bits per heavy atom. The predicted octanol–water partition coefficient (Wildman–Crippen LogP) is 1.88. The number of hydrogen-bond donors (Lipinski definition) is 1. The van der Waals surface area contributed by atoms with Gasteiger partial charge in [0.15, 0.2) is 0 Å². The van der Waals surface area contributed by atoms with E-state index in [1.807, 2.05) is 24.3 Å². The van der Waals surface area contributed by atoms with Crippen LogP contribution in [0.4, 0.5) is 0 Å². The van der Waals surface area contributed by atoms with Gasteiger partial charge in [0.25, 0.3) is 0 Å². The molecule has 0 atom stereocenters. The number of ether oxygens (including phenoxy) is 1. The van der Waals surface area contributed by atoms with Crippen molar-refractivity contribution in [2.75, 3.05) is 7.11 Å². The number of fused-ring (bicyclic) bond motifs is 1. The lowest BCUT2D eigenvalue weighted by Gasteiger charge is -2.08. The number of hydrogen-bond acceptors (Lipinski definition) is 3. The first-order valence-corrected chi connectivity index (χ1v) is 4.86. The van der Waals surface area contributed by atoms with Crippen LogP contribution in [-0.2, 0) is 0 Å². The Bertz CT molecular complexity index is 520. The van der Waals surface area contributed by atoms with E-state index in [-0.39, 0.29) is 4.99 Å². The van der Waals surface area contributed by atoms with Crippen molar-refractivity contribution in [2.24, 2.45) is 5.73 Å². The lowest BCUT2D eigenvalue weighted by Crippen LogP contribution is -2.12. The monoisotopic (exact) mass is 218 g/mol. The van der Waals surface area contributed by atoms with Crippen molar-refractivity contribution in [1.29, 1.82) is 0 Å². The van der Waals surface area contributed by atoms with Gasteiger partial charge in [-0.05, 0) is 17.5 Å². The summed E-state index contributed by atoms with van der Waals surface area (Å²) in [5.74, 6) is 0.739. The van der Waals surface area contributed by atoms with E-state index < -0.39 is 0 Å². The summed E-state index contributed by atoms with van der Waals surface area (Å²) in [4.78, 5) is 4.45. The number of thiocarbonyl (C=S) groups is 1. The van der Waals surface area contributed by atoms with Crippen LogP contribution in [0.2, 0.25) is 0 Å². The highest BCUT2D eigenvalue weighted by molar-refractivity contribution is 7.80. The molecule has 0 radical (unpaired) electrons. The third-order valence-electron chi connectivity index (χ3n) is 2.21. The van der Waals surface area contributed by atoms with Gasteiger partial charge < -0.3 is 10.5 Å². The Hall–Kier alpha value is -1.68. The fraction of sp³-hybridized carbons (Fsp3) is 0.0909. The molecule has 0 aliphatic rings. The molecule has 0 saturated carbocycles. The summed E-state index contributed by atoms with van der Waals surface area (Å²) in [5, 5.41) is 1.89. The second-order valence-electron chi connectivity index (χ2n) is 3.08. The summed E-state index contributed by atoms with van der Waals surface area (Å²) in [5.41, 5.74) is 6.23. The highest BCUT2D eigenvalue weighted by Crippen LogP contribution is 2.27. The zero-order valence-electron chi connectivity index (χ0n) is 8.23. The van der Waals surface area contributed by atoms with Gasteiger partial charge in [0.05, 0.1) is 12.5 Å². The molecule has 0 fully saturated rings. The minimum absolute atomic E-state index is 0.283. The van der Waals surface area contributed by atoms with E-state index in [1.165, 1.54) is 0 Å². The summed E-state index contributed by atoms with van der Waals surface area (Å²) in [6.07, 6.45) is 1.69. The van der Waals surface area contributed by atoms with Gasteiger partial charge in [-0.3, -0.25) is 4.98 Å². The fourth-order valence-electron chi connectivity index (χ4n) is 1.55. The second-order valence-corrected chi connectivity index (χ2v) is 3.52. The number of nitrogens with two attached hydrogens (primary N) is 1. The first kappa shape index (κ1) is 9.86. The Balaban J connectivity index is 2.87. The number of nitrogens with zero attached hydrogens (tertiary/aromatic N) is 1. The Morgan fingerprint density at radius 2 is 2.20 bits per heavy atom. The molecule has 0 spiro atoms. The summed E-state index contributed by atoms with van der Waals surface area (Å²) < 4.78 is 5.26. The van der Waals surface area contributed by atoms with Gasteiger partial charge in [0.2, 0.25) is 0 Å². The van der Waals surface area contributed by atoms with Gasteiger partial charge in [-0.1, -0.05) is 24.4 Å². The third kappa shape index (κ3) is 1.64. The largest absolute Gasteiger partial charge is 0.496 e. The van der Waals surface area contributed by atoms with Gasteiger partial charge >= 0.3 is 0 Å². The molecule has 2 rings (SSSR count). The molecule has 2 aromatic rings. The molecule has 0 bridgehead atoms. The van der Waals surface area contributed by atoms with E-state index >= 15 is 0 Å². The van der Waals surface area contributed by atoms with Crippen LogP contribution in [0.5, 0.6) is 5.75 Å². The SMILES string of the molecule is COc1cccc2ccnc(C(N)=S)c12. The molecule has 0 saturated heterocycles. The van der Waals surface area contributed by atoms with Crippen LogP contribution < -0.4 is 10.5 Å². The minimum Gasteiger partial charge on any atom is -0.496 e. The highest BCUT2D eigenvalue weighted by atomic mass is 32.1. The quantitative estimate of drug-likeness (QED) is 0.782. The molecule has 2 N–H and O–H groups in total. The standard InChI is InChI=1S/C11H10N2OS/c1-14-8-4-2-3-7-5-6-13-10(9(7)8)11(12)15/h2-6H,1H3,(H2,12,15). The molecule has 0 unspecified atom stereocenters. The number of pyridine rings is 1. The summed E-state index contributed by atoms with van der Waals surface area (Å²) in [7, 11) is 1.62. The van der Waals surface area contributed by atoms with E-state index in [0.29, 0.717) is 5.69 Å². The summed E-state index contributed by atoms with van der Waals surface area (Å²) >= 11 is 4.96. The fourth-order valence-corrected chi connectivity index (χ4v) is 1.71. The summed E-state index contributed by atoms with van der Waals surface area (Å²) in [6.45, 7) is 0. The van der Waals surface area contributed by atoms with Crippen LogP contribution in [0.15, 0.2) is 30.5 Å². The lowest BCUT2D eigenvalue weighted by atomic mass is 10.1. The number of aromatic nitrogens is 1. The second kappa shape index (κ2) is 3.82. The Kier molecular flexibility index (Phi) is 2.51. The molecule has 3 nitrogen and oxygen atoms in total. The lowest BCUT2D eigenvalue weighted by molar-refractivity contribution is 0.419. The van der Waals surface area contributed by atoms with Crippen molar-refractivity contribution in [2.45, 2.75) is 0 Å². The van der Waals surface area contributed by atoms with Crippen LogP contribution in [-0.4, -0.2) is 17.1 Å². The molecule has 1 aromatic heterocycles. The minimum atomic E-state index is 0.283. The van der Waals surface area contributed by atoms with Crippen molar-refractivity contribution in [3.05, 3.63) is 36.2 Å². The van der Waals surface area contributed by atoms with Crippen molar-refractivity contribution in [3.63, 3.8) is 0 Å². The van der Waals surface area contributed by atoms with Crippen LogP contribution in [0.3, 0.4) is 0 Å². The maximum atomic E-state index is 5.62. The average molecular weight is 218 g/mol. The first-order chi connectivity index (χ1) is 7.24. The zero-order valence-corrected chi connectivity index (χ0v) is 9.04. The molecule has 0 aliphatic heterocycles. The number of methoxy groups -OCH3 is 1. The molecular formula is C11H10N2OS. The highest BCUT2D eigenvalue weighted by Gasteiger charge is 2.09. The van der Waals surface area contributed by atoms with E-state index in [0.717, 1.165) is 16.5 Å². The Morgan fingerprint density at radius 1 is 1.40 bits per heavy atom. The van der Waals surface area contributed by atoms with Crippen molar-refractivity contribution in [1.82, 2.24) is 4.98 Å². The molecule has 0 aliphatic carbocycles. The molecule has 1 aromatic carbocycles. The van der Waals surface area contributed by atoms with Crippen molar-refractivity contribution < 1.29 is 4.74 Å². The molecular weight excluding hydrogens is 208 g/mol. The van der Waals surface area contributed by atoms with E-state index in [4.69, 9.17) is 22.7 Å².